The fourth-order valence-electron chi connectivity index (χ4n) is 2.94. The van der Waals surface area contributed by atoms with E-state index in [9.17, 15) is 4.79 Å². The summed E-state index contributed by atoms with van der Waals surface area (Å²) >= 11 is 0. The van der Waals surface area contributed by atoms with Gasteiger partial charge >= 0.3 is 5.97 Å². The quantitative estimate of drug-likeness (QED) is 0.301. The van der Waals surface area contributed by atoms with Crippen molar-refractivity contribution in [1.82, 2.24) is 10.3 Å². The Bertz CT molecular complexity index is 1160. The van der Waals surface area contributed by atoms with E-state index in [1.165, 1.54) is 6.92 Å². The van der Waals surface area contributed by atoms with Crippen molar-refractivity contribution in [3.63, 3.8) is 0 Å². The van der Waals surface area contributed by atoms with Gasteiger partial charge in [0.25, 0.3) is 5.96 Å². The number of ether oxygens (including phenoxy) is 1. The largest absolute Gasteiger partial charge is 0.464 e. The van der Waals surface area contributed by atoms with Crippen LogP contribution in [-0.2, 0) is 9.53 Å². The Morgan fingerprint density at radius 1 is 1.29 bits per heavy atom. The van der Waals surface area contributed by atoms with Gasteiger partial charge in [-0.05, 0) is 54.4 Å². The monoisotopic (exact) mass is 415 g/mol. The van der Waals surface area contributed by atoms with Crippen molar-refractivity contribution >= 4 is 30.2 Å². The van der Waals surface area contributed by atoms with E-state index in [2.05, 4.69) is 22.2 Å². The molecule has 1 heterocycles. The summed E-state index contributed by atoms with van der Waals surface area (Å²) < 4.78 is 7.04. The Kier molecular flexibility index (Phi) is 7.30. The van der Waals surface area contributed by atoms with Crippen LogP contribution in [0.5, 0.6) is 0 Å². The molecule has 2 aromatic rings. The van der Waals surface area contributed by atoms with E-state index in [0.717, 1.165) is 17.3 Å². The van der Waals surface area contributed by atoms with Gasteiger partial charge in [-0.1, -0.05) is 4.68 Å². The SMILES string of the molecule is CC(=O)OCCN(C1=NCCN1)[N+](C=c1ccc(=C=N)cc1)=Cc1ccc(C#N)cc1. The molecule has 0 saturated carbocycles. The van der Waals surface area contributed by atoms with E-state index < -0.39 is 0 Å². The number of guanidine groups is 1. The van der Waals surface area contributed by atoms with E-state index in [1.807, 2.05) is 58.5 Å². The van der Waals surface area contributed by atoms with Gasteiger partial charge in [0.05, 0.1) is 18.2 Å². The molecule has 0 atom stereocenters. The van der Waals surface area contributed by atoms with Crippen LogP contribution in [0, 0.1) is 16.7 Å². The molecule has 0 fully saturated rings. The number of carbonyl (C=O) groups is 1. The molecule has 0 saturated heterocycles. The van der Waals surface area contributed by atoms with E-state index in [4.69, 9.17) is 15.4 Å². The molecule has 156 valence electrons. The third-order valence-electron chi connectivity index (χ3n) is 4.45. The lowest BCUT2D eigenvalue weighted by Gasteiger charge is -2.18. The number of benzene rings is 2. The summed E-state index contributed by atoms with van der Waals surface area (Å²) in [5.74, 6) is 2.70. The van der Waals surface area contributed by atoms with Gasteiger partial charge in [-0.25, -0.2) is 4.99 Å². The molecule has 8 heteroatoms. The molecule has 3 rings (SSSR count). The molecule has 1 aliphatic heterocycles. The predicted octanol–water partition coefficient (Wildman–Crippen LogP) is 0.0873. The van der Waals surface area contributed by atoms with Crippen LogP contribution in [0.4, 0.5) is 0 Å². The first kappa shape index (κ1) is 21.5. The molecular formula is C23H23N6O2+. The average molecular weight is 415 g/mol. The number of nitriles is 1. The molecule has 2 aromatic carbocycles. The third-order valence-corrected chi connectivity index (χ3v) is 4.45. The van der Waals surface area contributed by atoms with Crippen LogP contribution in [0.3, 0.4) is 0 Å². The molecule has 0 unspecified atom stereocenters. The van der Waals surface area contributed by atoms with Gasteiger partial charge in [-0.2, -0.15) is 5.26 Å². The summed E-state index contributed by atoms with van der Waals surface area (Å²) in [6.07, 6.45) is 3.83. The predicted molar refractivity (Wildman–Crippen MR) is 117 cm³/mol. The minimum Gasteiger partial charge on any atom is -0.464 e. The molecule has 0 radical (unpaired) electrons. The van der Waals surface area contributed by atoms with Gasteiger partial charge in [-0.15, -0.1) is 5.01 Å². The van der Waals surface area contributed by atoms with E-state index >= 15 is 0 Å². The van der Waals surface area contributed by atoms with Crippen LogP contribution in [0.1, 0.15) is 18.1 Å². The van der Waals surface area contributed by atoms with Crippen molar-refractivity contribution in [3.8, 4) is 6.07 Å². The molecule has 0 aliphatic carbocycles. The van der Waals surface area contributed by atoms with Crippen molar-refractivity contribution in [2.24, 2.45) is 4.99 Å². The number of nitrogens with zero attached hydrogens (tertiary/aromatic N) is 4. The first-order valence-electron chi connectivity index (χ1n) is 9.79. The van der Waals surface area contributed by atoms with E-state index in [-0.39, 0.29) is 12.6 Å². The summed E-state index contributed by atoms with van der Waals surface area (Å²) in [4.78, 5) is 15.8. The van der Waals surface area contributed by atoms with Gasteiger partial charge in [0.1, 0.15) is 13.2 Å². The van der Waals surface area contributed by atoms with Crippen LogP contribution in [0.15, 0.2) is 53.5 Å². The molecular weight excluding hydrogens is 392 g/mol. The molecule has 0 spiro atoms. The lowest BCUT2D eigenvalue weighted by atomic mass is 10.2. The summed E-state index contributed by atoms with van der Waals surface area (Å²) in [5, 5.41) is 23.1. The smallest absolute Gasteiger partial charge is 0.302 e. The van der Waals surface area contributed by atoms with Crippen LogP contribution in [0.2, 0.25) is 0 Å². The van der Waals surface area contributed by atoms with Gasteiger partial charge in [0, 0.05) is 29.5 Å². The molecule has 31 heavy (non-hydrogen) atoms. The summed E-state index contributed by atoms with van der Waals surface area (Å²) in [7, 11) is 0. The summed E-state index contributed by atoms with van der Waals surface area (Å²) in [6.45, 7) is 3.36. The van der Waals surface area contributed by atoms with Gasteiger partial charge in [0.2, 0.25) is 12.4 Å². The zero-order chi connectivity index (χ0) is 22.1. The number of rotatable bonds is 6. The van der Waals surface area contributed by atoms with Gasteiger partial charge in [-0.3, -0.25) is 10.2 Å². The van der Waals surface area contributed by atoms with Crippen LogP contribution < -0.4 is 15.8 Å². The number of carbonyl (C=O) groups excluding carboxylic acids is 1. The second kappa shape index (κ2) is 10.5. The van der Waals surface area contributed by atoms with Crippen LogP contribution in [0.25, 0.3) is 6.20 Å². The minimum atomic E-state index is -0.341. The van der Waals surface area contributed by atoms with Crippen molar-refractivity contribution in [1.29, 1.82) is 10.7 Å². The fourth-order valence-corrected chi connectivity index (χ4v) is 2.94. The first-order chi connectivity index (χ1) is 15.1. The fraction of sp³-hybridized carbons (Fsp3) is 0.217. The Labute approximate surface area is 180 Å². The number of hydrogen-bond acceptors (Lipinski definition) is 7. The van der Waals surface area contributed by atoms with E-state index in [1.54, 1.807) is 12.1 Å². The molecule has 0 amide bonds. The van der Waals surface area contributed by atoms with Crippen molar-refractivity contribution < 1.29 is 14.2 Å². The van der Waals surface area contributed by atoms with Crippen LogP contribution >= 0.6 is 0 Å². The maximum absolute atomic E-state index is 11.3. The summed E-state index contributed by atoms with van der Waals surface area (Å²) in [6, 6.07) is 16.8. The number of aliphatic imine (C=N–C) groups is 1. The molecule has 1 aliphatic rings. The maximum Gasteiger partial charge on any atom is 0.302 e. The second-order valence-corrected chi connectivity index (χ2v) is 6.71. The number of esters is 1. The number of hydrazone groups is 1. The topological polar surface area (TPSA) is 105 Å². The lowest BCUT2D eigenvalue weighted by molar-refractivity contribution is -0.577. The van der Waals surface area contributed by atoms with Gasteiger partial charge < -0.3 is 10.1 Å². The Morgan fingerprint density at radius 3 is 2.61 bits per heavy atom. The second-order valence-electron chi connectivity index (χ2n) is 6.71. The van der Waals surface area contributed by atoms with Crippen molar-refractivity contribution in [2.75, 3.05) is 26.2 Å². The van der Waals surface area contributed by atoms with E-state index in [0.29, 0.717) is 29.8 Å². The Morgan fingerprint density at radius 2 is 2.03 bits per heavy atom. The van der Waals surface area contributed by atoms with Gasteiger partial charge in [0.15, 0.2) is 0 Å². The minimum absolute atomic E-state index is 0.198. The molecule has 0 aromatic heterocycles. The zero-order valence-electron chi connectivity index (χ0n) is 17.2. The number of hydrazine groups is 1. The lowest BCUT2D eigenvalue weighted by Crippen LogP contribution is -2.46. The number of hydrogen-bond donors (Lipinski definition) is 2. The molecule has 2 N–H and O–H groups in total. The zero-order valence-corrected chi connectivity index (χ0v) is 17.2. The summed E-state index contributed by atoms with van der Waals surface area (Å²) in [5.41, 5.74) is 1.47. The molecule has 8 nitrogen and oxygen atoms in total. The van der Waals surface area contributed by atoms with Crippen molar-refractivity contribution in [2.45, 2.75) is 6.92 Å². The highest BCUT2D eigenvalue weighted by Gasteiger charge is 2.24. The standard InChI is InChI=1S/C23H23N6O2/c1-18(30)31-13-12-29(23-26-10-11-27-23)28(16-21-6-2-19(14-24)3-7-21)17-22-8-4-20(15-25)5-9-22/h2-9,16-17,24H,10-13H2,1H3,(H,26,27)/q+1. The van der Waals surface area contributed by atoms with Crippen molar-refractivity contribution in [3.05, 3.63) is 70.1 Å². The highest BCUT2D eigenvalue weighted by Crippen LogP contribution is 2.04. The average Bonchev–Trinajstić information content (AvgIpc) is 3.32. The Hall–Kier alpha value is -4.21. The number of nitrogens with one attached hydrogen (secondary N) is 2. The maximum atomic E-state index is 11.3. The highest BCUT2D eigenvalue weighted by molar-refractivity contribution is 5.82. The molecule has 0 bridgehead atoms. The van der Waals surface area contributed by atoms with Crippen LogP contribution in [-0.4, -0.2) is 59.9 Å². The Balaban J connectivity index is 2.05. The highest BCUT2D eigenvalue weighted by atomic mass is 16.5. The third kappa shape index (κ3) is 6.13. The first-order valence-corrected chi connectivity index (χ1v) is 9.79. The normalized spacial score (nSPS) is 12.8.